The molecule has 0 aliphatic heterocycles. The molecule has 0 saturated heterocycles. The maximum Gasteiger partial charge on any atom is 0.0230 e. The van der Waals surface area contributed by atoms with Crippen LogP contribution in [0.3, 0.4) is 0 Å². The molecule has 0 aliphatic carbocycles. The van der Waals surface area contributed by atoms with E-state index in [0.717, 1.165) is 18.5 Å². The van der Waals surface area contributed by atoms with E-state index < -0.39 is 0 Å². The molecule has 0 heterocycles. The Bertz CT molecular complexity index is 157. The van der Waals surface area contributed by atoms with Gasteiger partial charge in [0.2, 0.25) is 0 Å². The van der Waals surface area contributed by atoms with Crippen LogP contribution in [0.2, 0.25) is 0 Å². The maximum atomic E-state index is 5.23. The summed E-state index contributed by atoms with van der Waals surface area (Å²) in [6.45, 7) is 6.23. The van der Waals surface area contributed by atoms with Crippen molar-refractivity contribution in [3.05, 3.63) is 23.4 Å². The number of hydrogen-bond acceptors (Lipinski definition) is 2. The molecular formula is C9H18N2. The van der Waals surface area contributed by atoms with Crippen LogP contribution in [0.4, 0.5) is 0 Å². The third kappa shape index (κ3) is 4.62. The van der Waals surface area contributed by atoms with Crippen molar-refractivity contribution in [2.45, 2.75) is 33.6 Å². The fourth-order valence-corrected chi connectivity index (χ4v) is 0.887. The second-order valence-electron chi connectivity index (χ2n) is 2.51. The van der Waals surface area contributed by atoms with Gasteiger partial charge in [0.1, 0.15) is 0 Å². The van der Waals surface area contributed by atoms with Gasteiger partial charge in [-0.1, -0.05) is 25.5 Å². The predicted octanol–water partition coefficient (Wildman–Crippen LogP) is 2.10. The lowest BCUT2D eigenvalue weighted by atomic mass is 10.1. The van der Waals surface area contributed by atoms with E-state index in [9.17, 15) is 0 Å². The number of hydrazine groups is 1. The van der Waals surface area contributed by atoms with Gasteiger partial charge >= 0.3 is 0 Å². The molecule has 0 bridgehead atoms. The van der Waals surface area contributed by atoms with Gasteiger partial charge in [0, 0.05) is 5.70 Å². The van der Waals surface area contributed by atoms with Crippen molar-refractivity contribution in [2.24, 2.45) is 5.84 Å². The summed E-state index contributed by atoms with van der Waals surface area (Å²) >= 11 is 0. The molecule has 0 aromatic rings. The van der Waals surface area contributed by atoms with Gasteiger partial charge < -0.3 is 5.43 Å². The Hall–Kier alpha value is -0.760. The molecule has 0 amide bonds. The first kappa shape index (κ1) is 10.2. The smallest absolute Gasteiger partial charge is 0.0230 e. The summed E-state index contributed by atoms with van der Waals surface area (Å²) < 4.78 is 0. The van der Waals surface area contributed by atoms with Crippen LogP contribution in [-0.4, -0.2) is 0 Å². The van der Waals surface area contributed by atoms with Crippen LogP contribution >= 0.6 is 0 Å². The number of hydrogen-bond donors (Lipinski definition) is 2. The SMILES string of the molecule is CC/C=C(\C=C(/C)NN)CC. The topological polar surface area (TPSA) is 38.0 Å². The van der Waals surface area contributed by atoms with Gasteiger partial charge in [0.05, 0.1) is 0 Å². The second kappa shape index (κ2) is 5.98. The van der Waals surface area contributed by atoms with Crippen molar-refractivity contribution < 1.29 is 0 Å². The van der Waals surface area contributed by atoms with E-state index in [1.54, 1.807) is 0 Å². The Labute approximate surface area is 69.1 Å². The predicted molar refractivity (Wildman–Crippen MR) is 49.7 cm³/mol. The third-order valence-corrected chi connectivity index (χ3v) is 1.50. The lowest BCUT2D eigenvalue weighted by Crippen LogP contribution is -2.19. The van der Waals surface area contributed by atoms with Crippen LogP contribution in [0.15, 0.2) is 23.4 Å². The highest BCUT2D eigenvalue weighted by molar-refractivity contribution is 5.21. The minimum absolute atomic E-state index is 1.01. The van der Waals surface area contributed by atoms with Crippen LogP contribution in [-0.2, 0) is 0 Å². The fourth-order valence-electron chi connectivity index (χ4n) is 0.887. The zero-order valence-electron chi connectivity index (χ0n) is 7.65. The van der Waals surface area contributed by atoms with Crippen molar-refractivity contribution in [3.63, 3.8) is 0 Å². The zero-order valence-corrected chi connectivity index (χ0v) is 7.65. The van der Waals surface area contributed by atoms with Gasteiger partial charge in [0.15, 0.2) is 0 Å². The third-order valence-electron chi connectivity index (χ3n) is 1.50. The lowest BCUT2D eigenvalue weighted by Gasteiger charge is -2.00. The molecule has 0 spiro atoms. The molecule has 0 atom stereocenters. The van der Waals surface area contributed by atoms with Crippen LogP contribution in [0.5, 0.6) is 0 Å². The van der Waals surface area contributed by atoms with E-state index in [1.807, 2.05) is 6.92 Å². The average Bonchev–Trinajstić information content (AvgIpc) is 2.03. The Balaban J connectivity index is 4.17. The Morgan fingerprint density at radius 1 is 1.45 bits per heavy atom. The fraction of sp³-hybridized carbons (Fsp3) is 0.556. The van der Waals surface area contributed by atoms with Crippen LogP contribution in [0.25, 0.3) is 0 Å². The van der Waals surface area contributed by atoms with Crippen molar-refractivity contribution in [1.29, 1.82) is 0 Å². The highest BCUT2D eigenvalue weighted by Crippen LogP contribution is 2.05. The summed E-state index contributed by atoms with van der Waals surface area (Å²) in [6, 6.07) is 0. The average molecular weight is 154 g/mol. The van der Waals surface area contributed by atoms with E-state index in [1.165, 1.54) is 5.57 Å². The van der Waals surface area contributed by atoms with Crippen molar-refractivity contribution >= 4 is 0 Å². The van der Waals surface area contributed by atoms with Crippen molar-refractivity contribution in [1.82, 2.24) is 5.43 Å². The highest BCUT2D eigenvalue weighted by Gasteiger charge is 1.88. The molecule has 11 heavy (non-hydrogen) atoms. The van der Waals surface area contributed by atoms with E-state index in [4.69, 9.17) is 5.84 Å². The zero-order chi connectivity index (χ0) is 8.69. The first-order chi connectivity index (χ1) is 5.24. The molecule has 2 heteroatoms. The van der Waals surface area contributed by atoms with Crippen LogP contribution in [0.1, 0.15) is 33.6 Å². The Kier molecular flexibility index (Phi) is 5.57. The standard InChI is InChI=1S/C9H18N2/c1-4-6-9(5-2)7-8(3)11-10/h6-7,11H,4-5,10H2,1-3H3/b8-7+,9-6-. The molecule has 0 radical (unpaired) electrons. The molecule has 64 valence electrons. The quantitative estimate of drug-likeness (QED) is 0.370. The van der Waals surface area contributed by atoms with E-state index in [2.05, 4.69) is 31.4 Å². The largest absolute Gasteiger partial charge is 0.329 e. The second-order valence-corrected chi connectivity index (χ2v) is 2.51. The van der Waals surface area contributed by atoms with Crippen LogP contribution in [0, 0.1) is 0 Å². The lowest BCUT2D eigenvalue weighted by molar-refractivity contribution is 0.880. The first-order valence-electron chi connectivity index (χ1n) is 4.08. The molecule has 3 N–H and O–H groups in total. The summed E-state index contributed by atoms with van der Waals surface area (Å²) in [5.74, 6) is 5.23. The molecule has 0 aliphatic rings. The summed E-state index contributed by atoms with van der Waals surface area (Å²) in [5.41, 5.74) is 4.95. The molecule has 0 aromatic carbocycles. The van der Waals surface area contributed by atoms with Gasteiger partial charge in [-0.2, -0.15) is 0 Å². The number of nitrogens with two attached hydrogens (primary N) is 1. The van der Waals surface area contributed by atoms with Crippen LogP contribution < -0.4 is 11.3 Å². The van der Waals surface area contributed by atoms with Gasteiger partial charge in [-0.25, -0.2) is 0 Å². The van der Waals surface area contributed by atoms with E-state index in [0.29, 0.717) is 0 Å². The molecule has 0 aromatic heterocycles. The van der Waals surface area contributed by atoms with Crippen molar-refractivity contribution in [3.8, 4) is 0 Å². The summed E-state index contributed by atoms with van der Waals surface area (Å²) in [6.07, 6.45) is 6.43. The van der Waals surface area contributed by atoms with Gasteiger partial charge in [-0.3, -0.25) is 5.84 Å². The van der Waals surface area contributed by atoms with E-state index >= 15 is 0 Å². The molecule has 0 rings (SSSR count). The number of allylic oxidation sites excluding steroid dienone is 4. The molecule has 0 saturated carbocycles. The maximum absolute atomic E-state index is 5.23. The minimum atomic E-state index is 1.01. The summed E-state index contributed by atoms with van der Waals surface area (Å²) in [5, 5.41) is 0. The van der Waals surface area contributed by atoms with Crippen molar-refractivity contribution in [2.75, 3.05) is 0 Å². The molecule has 2 nitrogen and oxygen atoms in total. The molecule has 0 unspecified atom stereocenters. The minimum Gasteiger partial charge on any atom is -0.329 e. The van der Waals surface area contributed by atoms with E-state index in [-0.39, 0.29) is 0 Å². The Morgan fingerprint density at radius 3 is 2.45 bits per heavy atom. The Morgan fingerprint density at radius 2 is 2.09 bits per heavy atom. The molecular weight excluding hydrogens is 136 g/mol. The normalized spacial score (nSPS) is 13.5. The number of nitrogens with one attached hydrogen (secondary N) is 1. The molecule has 0 fully saturated rings. The highest BCUT2D eigenvalue weighted by atomic mass is 15.2. The summed E-state index contributed by atoms with van der Waals surface area (Å²) in [4.78, 5) is 0. The van der Waals surface area contributed by atoms with Gasteiger partial charge in [-0.15, -0.1) is 0 Å². The van der Waals surface area contributed by atoms with Gasteiger partial charge in [0.25, 0.3) is 0 Å². The number of rotatable bonds is 4. The van der Waals surface area contributed by atoms with Gasteiger partial charge in [-0.05, 0) is 25.8 Å². The first-order valence-corrected chi connectivity index (χ1v) is 4.08. The summed E-state index contributed by atoms with van der Waals surface area (Å²) in [7, 11) is 0. The monoisotopic (exact) mass is 154 g/mol.